The molecule has 0 aliphatic rings. The van der Waals surface area contributed by atoms with Gasteiger partial charge in [-0.2, -0.15) is 0 Å². The van der Waals surface area contributed by atoms with Gasteiger partial charge in [0.1, 0.15) is 0 Å². The first-order valence-corrected chi connectivity index (χ1v) is 7.91. The molecule has 0 spiro atoms. The van der Waals surface area contributed by atoms with Gasteiger partial charge in [0, 0.05) is 19.5 Å². The maximum Gasteiger partial charge on any atom is 0.260 e. The van der Waals surface area contributed by atoms with Crippen molar-refractivity contribution in [3.8, 4) is 0 Å². The number of hydrogen-bond acceptors (Lipinski definition) is 4. The molecule has 1 rings (SSSR count). The maximum atomic E-state index is 11.9. The first-order chi connectivity index (χ1) is 7.99. The molecule has 0 aliphatic heterocycles. The van der Waals surface area contributed by atoms with Crippen LogP contribution in [0.15, 0.2) is 9.63 Å². The number of halogens is 2. The third kappa shape index (κ3) is 4.20. The van der Waals surface area contributed by atoms with Crippen molar-refractivity contribution in [1.82, 2.24) is 19.7 Å². The highest BCUT2D eigenvalue weighted by atomic mass is 79.9. The van der Waals surface area contributed by atoms with Crippen LogP contribution in [0.5, 0.6) is 0 Å². The fourth-order valence-electron chi connectivity index (χ4n) is 1.28. The number of hydrogen-bond donors (Lipinski definition) is 1. The van der Waals surface area contributed by atoms with Crippen molar-refractivity contribution in [2.24, 2.45) is 7.05 Å². The van der Waals surface area contributed by atoms with Crippen molar-refractivity contribution in [1.29, 1.82) is 0 Å². The molecule has 0 saturated heterocycles. The Morgan fingerprint density at radius 1 is 1.41 bits per heavy atom. The summed E-state index contributed by atoms with van der Waals surface area (Å²) >= 11 is 8.58. The van der Waals surface area contributed by atoms with Crippen molar-refractivity contribution in [2.45, 2.75) is 24.3 Å². The predicted octanol–water partition coefficient (Wildman–Crippen LogP) is 1.26. The van der Waals surface area contributed by atoms with Gasteiger partial charge in [0.25, 0.3) is 10.0 Å². The van der Waals surface area contributed by atoms with E-state index in [0.717, 1.165) is 19.3 Å². The summed E-state index contributed by atoms with van der Waals surface area (Å²) in [5, 5.41) is 7.29. The molecule has 0 amide bonds. The molecule has 0 saturated carbocycles. The average molecular weight is 346 g/mol. The normalized spacial score (nSPS) is 11.9. The molecule has 0 aliphatic carbocycles. The number of nitrogens with one attached hydrogen (secondary N) is 1. The van der Waals surface area contributed by atoms with Gasteiger partial charge in [-0.25, -0.2) is 17.8 Å². The lowest BCUT2D eigenvalue weighted by Gasteiger charge is -2.06. The van der Waals surface area contributed by atoms with Crippen LogP contribution in [0.3, 0.4) is 0 Å². The lowest BCUT2D eigenvalue weighted by molar-refractivity contribution is 0.556. The number of unbranched alkanes of at least 4 members (excludes halogenated alkanes) is 2. The molecule has 1 aromatic heterocycles. The molecule has 0 bridgehead atoms. The second-order valence-electron chi connectivity index (χ2n) is 3.46. The molecule has 0 aromatic carbocycles. The summed E-state index contributed by atoms with van der Waals surface area (Å²) in [6.45, 7) is 0.386. The lowest BCUT2D eigenvalue weighted by atomic mass is 10.2. The van der Waals surface area contributed by atoms with E-state index in [0.29, 0.717) is 12.4 Å². The van der Waals surface area contributed by atoms with Crippen molar-refractivity contribution in [3.63, 3.8) is 0 Å². The standard InChI is InChI=1S/C8H14BrClN4O2S/c1-14-8(7(9)12-13-14)17(15,16)11-6-4-2-3-5-10/h11H,2-6H2,1H3. The summed E-state index contributed by atoms with van der Waals surface area (Å²) in [5.41, 5.74) is 0. The molecule has 1 heterocycles. The zero-order valence-electron chi connectivity index (χ0n) is 9.36. The van der Waals surface area contributed by atoms with Crippen LogP contribution in [0.25, 0.3) is 0 Å². The Labute approximate surface area is 114 Å². The second kappa shape index (κ2) is 6.67. The van der Waals surface area contributed by atoms with Gasteiger partial charge in [0.05, 0.1) is 0 Å². The van der Waals surface area contributed by atoms with E-state index in [1.807, 2.05) is 0 Å². The highest BCUT2D eigenvalue weighted by Gasteiger charge is 2.22. The minimum Gasteiger partial charge on any atom is -0.235 e. The maximum absolute atomic E-state index is 11.9. The molecule has 0 fully saturated rings. The van der Waals surface area contributed by atoms with Crippen LogP contribution in [-0.2, 0) is 17.1 Å². The van der Waals surface area contributed by atoms with Crippen LogP contribution < -0.4 is 4.72 Å². The molecule has 0 atom stereocenters. The van der Waals surface area contributed by atoms with Crippen molar-refractivity contribution < 1.29 is 8.42 Å². The second-order valence-corrected chi connectivity index (χ2v) is 6.27. The molecule has 0 radical (unpaired) electrons. The zero-order valence-corrected chi connectivity index (χ0v) is 12.5. The first kappa shape index (κ1) is 14.9. The van der Waals surface area contributed by atoms with Gasteiger partial charge in [-0.3, -0.25) is 0 Å². The summed E-state index contributed by atoms with van der Waals surface area (Å²) in [6, 6.07) is 0. The van der Waals surface area contributed by atoms with E-state index in [1.54, 1.807) is 0 Å². The summed E-state index contributed by atoms with van der Waals surface area (Å²) in [4.78, 5) is 0. The van der Waals surface area contributed by atoms with E-state index in [4.69, 9.17) is 11.6 Å². The lowest BCUT2D eigenvalue weighted by Crippen LogP contribution is -2.27. The molecule has 9 heteroatoms. The quantitative estimate of drug-likeness (QED) is 0.596. The minimum absolute atomic E-state index is 0.0369. The van der Waals surface area contributed by atoms with Crippen LogP contribution >= 0.6 is 27.5 Å². The van der Waals surface area contributed by atoms with Gasteiger partial charge in [-0.15, -0.1) is 16.7 Å². The Hall–Kier alpha value is -0.180. The van der Waals surface area contributed by atoms with Crippen molar-refractivity contribution >= 4 is 37.6 Å². The molecule has 6 nitrogen and oxygen atoms in total. The Kier molecular flexibility index (Phi) is 5.84. The van der Waals surface area contributed by atoms with Gasteiger partial charge in [-0.1, -0.05) is 11.6 Å². The Morgan fingerprint density at radius 3 is 2.65 bits per heavy atom. The molecule has 98 valence electrons. The number of sulfonamides is 1. The number of nitrogens with zero attached hydrogens (tertiary/aromatic N) is 3. The van der Waals surface area contributed by atoms with E-state index < -0.39 is 10.0 Å². The third-order valence-corrected chi connectivity index (χ3v) is 4.71. The Bertz CT molecular complexity index is 443. The van der Waals surface area contributed by atoms with Gasteiger partial charge in [0.15, 0.2) is 4.60 Å². The number of aromatic nitrogens is 3. The van der Waals surface area contributed by atoms with Crippen LogP contribution in [0.2, 0.25) is 0 Å². The Morgan fingerprint density at radius 2 is 2.12 bits per heavy atom. The van der Waals surface area contributed by atoms with Gasteiger partial charge < -0.3 is 0 Å². The minimum atomic E-state index is -3.56. The SMILES string of the molecule is Cn1nnc(Br)c1S(=O)(=O)NCCCCCCl. The van der Waals surface area contributed by atoms with Crippen LogP contribution in [0.1, 0.15) is 19.3 Å². The van der Waals surface area contributed by atoms with Gasteiger partial charge in [0.2, 0.25) is 5.03 Å². The summed E-state index contributed by atoms with van der Waals surface area (Å²) in [7, 11) is -2.03. The van der Waals surface area contributed by atoms with Crippen molar-refractivity contribution in [2.75, 3.05) is 12.4 Å². The largest absolute Gasteiger partial charge is 0.260 e. The molecule has 1 aromatic rings. The summed E-state index contributed by atoms with van der Waals surface area (Å²) in [6.07, 6.45) is 2.55. The van der Waals surface area contributed by atoms with Crippen LogP contribution in [0.4, 0.5) is 0 Å². The van der Waals surface area contributed by atoms with Crippen LogP contribution in [0, 0.1) is 0 Å². The number of rotatable bonds is 7. The molecular formula is C8H14BrClN4O2S. The smallest absolute Gasteiger partial charge is 0.235 e. The third-order valence-electron chi connectivity index (χ3n) is 2.09. The van der Waals surface area contributed by atoms with Gasteiger partial charge >= 0.3 is 0 Å². The summed E-state index contributed by atoms with van der Waals surface area (Å²) in [5.74, 6) is 0.601. The number of alkyl halides is 1. The highest BCUT2D eigenvalue weighted by molar-refractivity contribution is 9.10. The number of aryl methyl sites for hydroxylation is 1. The monoisotopic (exact) mass is 344 g/mol. The highest BCUT2D eigenvalue weighted by Crippen LogP contribution is 2.17. The van der Waals surface area contributed by atoms with E-state index >= 15 is 0 Å². The molecular weight excluding hydrogens is 332 g/mol. The fraction of sp³-hybridized carbons (Fsp3) is 0.750. The zero-order chi connectivity index (χ0) is 12.9. The van der Waals surface area contributed by atoms with E-state index in [9.17, 15) is 8.42 Å². The summed E-state index contributed by atoms with van der Waals surface area (Å²) < 4.78 is 27.7. The Balaban J connectivity index is 2.58. The molecule has 1 N–H and O–H groups in total. The first-order valence-electron chi connectivity index (χ1n) is 5.10. The van der Waals surface area contributed by atoms with E-state index in [-0.39, 0.29) is 9.63 Å². The average Bonchev–Trinajstić information content (AvgIpc) is 2.58. The van der Waals surface area contributed by atoms with Crippen molar-refractivity contribution in [3.05, 3.63) is 4.60 Å². The molecule has 0 unspecified atom stereocenters. The fourth-order valence-corrected chi connectivity index (χ4v) is 3.63. The molecule has 17 heavy (non-hydrogen) atoms. The van der Waals surface area contributed by atoms with Crippen LogP contribution in [-0.4, -0.2) is 35.8 Å². The van der Waals surface area contributed by atoms with E-state index in [1.165, 1.54) is 11.7 Å². The predicted molar refractivity (Wildman–Crippen MR) is 68.5 cm³/mol. The topological polar surface area (TPSA) is 76.9 Å². The van der Waals surface area contributed by atoms with Gasteiger partial charge in [-0.05, 0) is 28.8 Å². The van der Waals surface area contributed by atoms with E-state index in [2.05, 4.69) is 31.0 Å².